The Morgan fingerprint density at radius 1 is 1.21 bits per heavy atom. The maximum absolute atomic E-state index is 11.7. The highest BCUT2D eigenvalue weighted by molar-refractivity contribution is 5.89. The van der Waals surface area contributed by atoms with Crippen LogP contribution in [0.5, 0.6) is 0 Å². The Hall–Kier alpha value is -1.99. The molecule has 0 aliphatic heterocycles. The van der Waals surface area contributed by atoms with Gasteiger partial charge in [0, 0.05) is 25.0 Å². The number of nitro groups is 1. The minimum Gasteiger partial charge on any atom is -0.459 e. The molecule has 7 nitrogen and oxygen atoms in total. The monoisotopic (exact) mass is 267 g/mol. The Morgan fingerprint density at radius 3 is 2.21 bits per heavy atom. The maximum atomic E-state index is 11.7. The number of hydrogen-bond donors (Lipinski definition) is 2. The molecule has 1 aromatic rings. The summed E-state index contributed by atoms with van der Waals surface area (Å²) in [5, 5.41) is 29.1. The van der Waals surface area contributed by atoms with Crippen LogP contribution in [0.25, 0.3) is 0 Å². The Labute approximate surface area is 108 Å². The van der Waals surface area contributed by atoms with Crippen LogP contribution in [0.15, 0.2) is 24.3 Å². The molecule has 7 heteroatoms. The molecule has 0 bridgehead atoms. The van der Waals surface area contributed by atoms with Gasteiger partial charge in [0.2, 0.25) is 0 Å². The molecule has 2 unspecified atom stereocenters. The zero-order valence-corrected chi connectivity index (χ0v) is 9.93. The number of aliphatic hydroxyl groups is 2. The second-order valence-electron chi connectivity index (χ2n) is 4.44. The van der Waals surface area contributed by atoms with E-state index in [0.717, 1.165) is 0 Å². The molecular formula is C12H13NO6. The third-order valence-corrected chi connectivity index (χ3v) is 3.04. The first-order valence-electron chi connectivity index (χ1n) is 5.79. The first-order valence-corrected chi connectivity index (χ1v) is 5.79. The van der Waals surface area contributed by atoms with E-state index in [-0.39, 0.29) is 24.1 Å². The standard InChI is InChI=1S/C12H13NO6/c14-10-5-9(6-11(10)15)19-12(16)7-1-3-8(4-2-7)13(17)18/h1-4,9-11,14-15H,5-6H2. The van der Waals surface area contributed by atoms with Crippen LogP contribution in [0.1, 0.15) is 23.2 Å². The molecule has 0 spiro atoms. The summed E-state index contributed by atoms with van der Waals surface area (Å²) in [7, 11) is 0. The number of non-ortho nitro benzene ring substituents is 1. The van der Waals surface area contributed by atoms with Gasteiger partial charge in [0.05, 0.1) is 22.7 Å². The fourth-order valence-corrected chi connectivity index (χ4v) is 1.98. The first kappa shape index (κ1) is 13.4. The molecule has 2 N–H and O–H groups in total. The molecule has 1 saturated carbocycles. The number of aliphatic hydroxyl groups excluding tert-OH is 2. The molecule has 1 aliphatic carbocycles. The smallest absolute Gasteiger partial charge is 0.338 e. The molecule has 1 aliphatic rings. The number of carbonyl (C=O) groups excluding carboxylic acids is 1. The van der Waals surface area contributed by atoms with E-state index in [2.05, 4.69) is 0 Å². The molecule has 0 amide bonds. The van der Waals surface area contributed by atoms with Gasteiger partial charge in [-0.1, -0.05) is 0 Å². The normalized spacial score (nSPS) is 26.1. The zero-order chi connectivity index (χ0) is 14.0. The lowest BCUT2D eigenvalue weighted by molar-refractivity contribution is -0.384. The average Bonchev–Trinajstić information content (AvgIpc) is 2.68. The van der Waals surface area contributed by atoms with Gasteiger partial charge >= 0.3 is 5.97 Å². The largest absolute Gasteiger partial charge is 0.459 e. The van der Waals surface area contributed by atoms with E-state index < -0.39 is 29.2 Å². The number of carbonyl (C=O) groups is 1. The number of nitro benzene ring substituents is 1. The SMILES string of the molecule is O=C(OC1CC(O)C(O)C1)c1ccc([N+](=O)[O-])cc1. The van der Waals surface area contributed by atoms with Gasteiger partial charge in [0.25, 0.3) is 5.69 Å². The van der Waals surface area contributed by atoms with Crippen molar-refractivity contribution in [2.75, 3.05) is 0 Å². The molecule has 0 heterocycles. The molecule has 19 heavy (non-hydrogen) atoms. The van der Waals surface area contributed by atoms with Crippen LogP contribution >= 0.6 is 0 Å². The van der Waals surface area contributed by atoms with Crippen molar-refractivity contribution in [2.45, 2.75) is 31.2 Å². The number of ether oxygens (including phenoxy) is 1. The zero-order valence-electron chi connectivity index (χ0n) is 9.93. The second-order valence-corrected chi connectivity index (χ2v) is 4.44. The summed E-state index contributed by atoms with van der Waals surface area (Å²) in [5.74, 6) is -0.624. The van der Waals surface area contributed by atoms with Crippen molar-refractivity contribution in [3.05, 3.63) is 39.9 Å². The van der Waals surface area contributed by atoms with Crippen molar-refractivity contribution >= 4 is 11.7 Å². The Kier molecular flexibility index (Phi) is 3.77. The van der Waals surface area contributed by atoms with Crippen LogP contribution in [0.2, 0.25) is 0 Å². The molecule has 1 fully saturated rings. The average molecular weight is 267 g/mol. The van der Waals surface area contributed by atoms with Crippen LogP contribution in [0.3, 0.4) is 0 Å². The Bertz CT molecular complexity index is 475. The molecule has 0 aromatic heterocycles. The van der Waals surface area contributed by atoms with Crippen LogP contribution in [0.4, 0.5) is 5.69 Å². The highest BCUT2D eigenvalue weighted by atomic mass is 16.6. The number of nitrogens with zero attached hydrogens (tertiary/aromatic N) is 1. The maximum Gasteiger partial charge on any atom is 0.338 e. The summed E-state index contributed by atoms with van der Waals surface area (Å²) in [6, 6.07) is 5.05. The van der Waals surface area contributed by atoms with Gasteiger partial charge in [-0.05, 0) is 12.1 Å². The summed E-state index contributed by atoms with van der Waals surface area (Å²) in [4.78, 5) is 21.6. The van der Waals surface area contributed by atoms with Crippen LogP contribution in [-0.2, 0) is 4.74 Å². The van der Waals surface area contributed by atoms with Gasteiger partial charge < -0.3 is 14.9 Å². The molecule has 102 valence electrons. The summed E-state index contributed by atoms with van der Waals surface area (Å²) >= 11 is 0. The summed E-state index contributed by atoms with van der Waals surface area (Å²) in [6.07, 6.45) is -1.91. The number of benzene rings is 1. The number of rotatable bonds is 3. The Morgan fingerprint density at radius 2 is 1.74 bits per heavy atom. The van der Waals surface area contributed by atoms with E-state index in [9.17, 15) is 25.1 Å². The molecular weight excluding hydrogens is 254 g/mol. The highest BCUT2D eigenvalue weighted by Gasteiger charge is 2.34. The summed E-state index contributed by atoms with van der Waals surface area (Å²) in [6.45, 7) is 0. The quantitative estimate of drug-likeness (QED) is 0.472. The van der Waals surface area contributed by atoms with E-state index in [1.165, 1.54) is 24.3 Å². The van der Waals surface area contributed by atoms with Crippen molar-refractivity contribution in [2.24, 2.45) is 0 Å². The van der Waals surface area contributed by atoms with Crippen molar-refractivity contribution in [3.8, 4) is 0 Å². The van der Waals surface area contributed by atoms with E-state index in [1.54, 1.807) is 0 Å². The minimum absolute atomic E-state index is 0.108. The van der Waals surface area contributed by atoms with Gasteiger partial charge in [0.15, 0.2) is 0 Å². The lowest BCUT2D eigenvalue weighted by Crippen LogP contribution is -2.17. The first-order chi connectivity index (χ1) is 8.97. The predicted molar refractivity (Wildman–Crippen MR) is 63.5 cm³/mol. The molecule has 2 rings (SSSR count). The number of esters is 1. The van der Waals surface area contributed by atoms with Crippen LogP contribution in [0, 0.1) is 10.1 Å². The second kappa shape index (κ2) is 5.33. The van der Waals surface area contributed by atoms with Gasteiger partial charge in [-0.15, -0.1) is 0 Å². The van der Waals surface area contributed by atoms with E-state index in [0.29, 0.717) is 0 Å². The molecule has 0 saturated heterocycles. The van der Waals surface area contributed by atoms with Crippen LogP contribution < -0.4 is 0 Å². The number of hydrogen-bond acceptors (Lipinski definition) is 6. The van der Waals surface area contributed by atoms with E-state index in [4.69, 9.17) is 4.74 Å². The fraction of sp³-hybridized carbons (Fsp3) is 0.417. The van der Waals surface area contributed by atoms with E-state index in [1.807, 2.05) is 0 Å². The lowest BCUT2D eigenvalue weighted by Gasteiger charge is -2.11. The minimum atomic E-state index is -0.880. The van der Waals surface area contributed by atoms with Gasteiger partial charge in [-0.2, -0.15) is 0 Å². The summed E-state index contributed by atoms with van der Waals surface area (Å²) in [5.41, 5.74) is 0.0877. The van der Waals surface area contributed by atoms with Gasteiger partial charge in [-0.3, -0.25) is 10.1 Å². The lowest BCUT2D eigenvalue weighted by atomic mass is 10.2. The third kappa shape index (κ3) is 3.07. The molecule has 0 radical (unpaired) electrons. The van der Waals surface area contributed by atoms with Crippen LogP contribution in [-0.4, -0.2) is 39.4 Å². The van der Waals surface area contributed by atoms with Crippen molar-refractivity contribution in [1.82, 2.24) is 0 Å². The third-order valence-electron chi connectivity index (χ3n) is 3.04. The summed E-state index contributed by atoms with van der Waals surface area (Å²) < 4.78 is 5.11. The van der Waals surface area contributed by atoms with Gasteiger partial charge in [-0.25, -0.2) is 4.79 Å². The highest BCUT2D eigenvalue weighted by Crippen LogP contribution is 2.24. The topological polar surface area (TPSA) is 110 Å². The predicted octanol–water partition coefficient (Wildman–Crippen LogP) is 0.636. The van der Waals surface area contributed by atoms with E-state index >= 15 is 0 Å². The van der Waals surface area contributed by atoms with Crippen molar-refractivity contribution in [3.63, 3.8) is 0 Å². The van der Waals surface area contributed by atoms with Gasteiger partial charge in [0.1, 0.15) is 6.10 Å². The van der Waals surface area contributed by atoms with Crippen molar-refractivity contribution in [1.29, 1.82) is 0 Å². The molecule has 2 atom stereocenters. The Balaban J connectivity index is 1.98. The molecule has 1 aromatic carbocycles. The van der Waals surface area contributed by atoms with Crippen molar-refractivity contribution < 1.29 is 24.7 Å². The fourth-order valence-electron chi connectivity index (χ4n) is 1.98.